The highest BCUT2D eigenvalue weighted by Crippen LogP contribution is 2.32. The molecule has 1 nitrogen and oxygen atoms in total. The van der Waals surface area contributed by atoms with E-state index < -0.39 is 0 Å². The lowest BCUT2D eigenvalue weighted by Crippen LogP contribution is -1.89. The zero-order valence-corrected chi connectivity index (χ0v) is 12.0. The van der Waals surface area contributed by atoms with E-state index in [4.69, 9.17) is 4.74 Å². The van der Waals surface area contributed by atoms with E-state index in [9.17, 15) is 0 Å². The minimum Gasteiger partial charge on any atom is -0.496 e. The first-order valence-corrected chi connectivity index (χ1v) is 7.44. The van der Waals surface area contributed by atoms with Gasteiger partial charge in [0.2, 0.25) is 0 Å². The predicted molar refractivity (Wildman–Crippen MR) is 74.6 cm³/mol. The van der Waals surface area contributed by atoms with Crippen LogP contribution < -0.4 is 4.74 Å². The van der Waals surface area contributed by atoms with Gasteiger partial charge in [-0.25, -0.2) is 0 Å². The third-order valence-corrected chi connectivity index (χ3v) is 4.78. The number of thioether (sulfide) groups is 1. The Labute approximate surface area is 112 Å². The van der Waals surface area contributed by atoms with E-state index in [1.807, 2.05) is 23.9 Å². The lowest BCUT2D eigenvalue weighted by atomic mass is 10.2. The van der Waals surface area contributed by atoms with Crippen molar-refractivity contribution in [3.63, 3.8) is 0 Å². The zero-order valence-electron chi connectivity index (χ0n) is 8.77. The van der Waals surface area contributed by atoms with E-state index in [0.717, 1.165) is 16.0 Å². The van der Waals surface area contributed by atoms with Crippen molar-refractivity contribution < 1.29 is 4.74 Å². The molecule has 84 valence electrons. The Hall–Kier alpha value is -0.450. The highest BCUT2D eigenvalue weighted by atomic mass is 79.9. The molecule has 0 aliphatic heterocycles. The van der Waals surface area contributed by atoms with Crippen LogP contribution in [0.25, 0.3) is 0 Å². The smallest absolute Gasteiger partial charge is 0.122 e. The largest absolute Gasteiger partial charge is 0.496 e. The summed E-state index contributed by atoms with van der Waals surface area (Å²) in [6.07, 6.45) is 0. The summed E-state index contributed by atoms with van der Waals surface area (Å²) in [6, 6.07) is 10.3. The van der Waals surface area contributed by atoms with Gasteiger partial charge in [-0.1, -0.05) is 22.0 Å². The summed E-state index contributed by atoms with van der Waals surface area (Å²) in [5.41, 5.74) is 1.22. The second-order valence-electron chi connectivity index (χ2n) is 3.18. The Kier molecular flexibility index (Phi) is 4.32. The minimum absolute atomic E-state index is 0.934. The predicted octanol–water partition coefficient (Wildman–Crippen LogP) is 4.81. The number of benzene rings is 1. The van der Waals surface area contributed by atoms with Gasteiger partial charge in [0, 0.05) is 15.8 Å². The SMILES string of the molecule is COc1ccc(Br)cc1CSc1cccs1. The molecule has 0 fully saturated rings. The molecule has 1 aromatic carbocycles. The van der Waals surface area contributed by atoms with E-state index in [1.165, 1.54) is 9.77 Å². The van der Waals surface area contributed by atoms with E-state index in [2.05, 4.69) is 39.5 Å². The average Bonchev–Trinajstić information content (AvgIpc) is 2.79. The number of hydrogen-bond acceptors (Lipinski definition) is 3. The summed E-state index contributed by atoms with van der Waals surface area (Å²) in [6.45, 7) is 0. The van der Waals surface area contributed by atoms with E-state index in [1.54, 1.807) is 18.4 Å². The van der Waals surface area contributed by atoms with Crippen LogP contribution in [0, 0.1) is 0 Å². The quantitative estimate of drug-likeness (QED) is 0.749. The fourth-order valence-electron chi connectivity index (χ4n) is 1.35. The Balaban J connectivity index is 2.11. The summed E-state index contributed by atoms with van der Waals surface area (Å²) in [7, 11) is 1.71. The number of methoxy groups -OCH3 is 1. The van der Waals surface area contributed by atoms with Gasteiger partial charge in [-0.15, -0.1) is 23.1 Å². The molecule has 2 rings (SSSR count). The summed E-state index contributed by atoms with van der Waals surface area (Å²) in [5, 5.41) is 2.10. The number of hydrogen-bond donors (Lipinski definition) is 0. The Bertz CT molecular complexity index is 454. The molecule has 0 radical (unpaired) electrons. The maximum atomic E-state index is 5.34. The van der Waals surface area contributed by atoms with Crippen LogP contribution in [0.1, 0.15) is 5.56 Å². The Morgan fingerprint density at radius 1 is 1.38 bits per heavy atom. The van der Waals surface area contributed by atoms with E-state index in [0.29, 0.717) is 0 Å². The second-order valence-corrected chi connectivity index (χ2v) is 6.32. The molecule has 4 heteroatoms. The van der Waals surface area contributed by atoms with Gasteiger partial charge in [0.05, 0.1) is 11.3 Å². The summed E-state index contributed by atoms with van der Waals surface area (Å²) >= 11 is 7.09. The van der Waals surface area contributed by atoms with Gasteiger partial charge < -0.3 is 4.74 Å². The Morgan fingerprint density at radius 3 is 2.94 bits per heavy atom. The first-order valence-electron chi connectivity index (χ1n) is 4.78. The zero-order chi connectivity index (χ0) is 11.4. The van der Waals surface area contributed by atoms with Gasteiger partial charge in [-0.05, 0) is 29.6 Å². The topological polar surface area (TPSA) is 9.23 Å². The molecule has 0 aliphatic carbocycles. The van der Waals surface area contributed by atoms with E-state index in [-0.39, 0.29) is 0 Å². The van der Waals surface area contributed by atoms with Crippen molar-refractivity contribution in [3.8, 4) is 5.75 Å². The molecule has 0 N–H and O–H groups in total. The monoisotopic (exact) mass is 314 g/mol. The van der Waals surface area contributed by atoms with Crippen LogP contribution in [0.15, 0.2) is 44.4 Å². The molecule has 0 bridgehead atoms. The molecule has 0 unspecified atom stereocenters. The molecular weight excluding hydrogens is 304 g/mol. The molecule has 0 amide bonds. The van der Waals surface area contributed by atoms with Crippen LogP contribution in [0.2, 0.25) is 0 Å². The van der Waals surface area contributed by atoms with Crippen molar-refractivity contribution in [2.75, 3.05) is 7.11 Å². The molecule has 0 spiro atoms. The van der Waals surface area contributed by atoms with Crippen LogP contribution in [-0.4, -0.2) is 7.11 Å². The Morgan fingerprint density at radius 2 is 2.25 bits per heavy atom. The van der Waals surface area contributed by atoms with Crippen molar-refractivity contribution in [1.82, 2.24) is 0 Å². The van der Waals surface area contributed by atoms with Gasteiger partial charge >= 0.3 is 0 Å². The van der Waals surface area contributed by atoms with Crippen molar-refractivity contribution >= 4 is 39.0 Å². The molecule has 2 aromatic rings. The molecule has 1 heterocycles. The van der Waals surface area contributed by atoms with Gasteiger partial charge in [-0.3, -0.25) is 0 Å². The molecule has 0 saturated carbocycles. The first-order chi connectivity index (χ1) is 7.79. The molecule has 0 atom stereocenters. The normalized spacial score (nSPS) is 10.4. The third kappa shape index (κ3) is 3.03. The molecule has 0 aliphatic rings. The summed E-state index contributed by atoms with van der Waals surface area (Å²) in [4.78, 5) is 0. The lowest BCUT2D eigenvalue weighted by Gasteiger charge is -2.07. The lowest BCUT2D eigenvalue weighted by molar-refractivity contribution is 0.411. The highest BCUT2D eigenvalue weighted by Gasteiger charge is 2.04. The maximum absolute atomic E-state index is 5.34. The van der Waals surface area contributed by atoms with Gasteiger partial charge in [0.15, 0.2) is 0 Å². The molecule has 16 heavy (non-hydrogen) atoms. The maximum Gasteiger partial charge on any atom is 0.122 e. The third-order valence-electron chi connectivity index (χ3n) is 2.11. The summed E-state index contributed by atoms with van der Waals surface area (Å²) in [5.74, 6) is 1.88. The van der Waals surface area contributed by atoms with Gasteiger partial charge in [0.25, 0.3) is 0 Å². The van der Waals surface area contributed by atoms with Crippen LogP contribution in [0.4, 0.5) is 0 Å². The highest BCUT2D eigenvalue weighted by molar-refractivity contribution is 9.10. The first kappa shape index (κ1) is 12.0. The van der Waals surface area contributed by atoms with E-state index >= 15 is 0 Å². The molecule has 0 saturated heterocycles. The molecular formula is C12H11BrOS2. The van der Waals surface area contributed by atoms with Crippen molar-refractivity contribution in [1.29, 1.82) is 0 Å². The van der Waals surface area contributed by atoms with Crippen LogP contribution in [0.3, 0.4) is 0 Å². The standard InChI is InChI=1S/C12H11BrOS2/c1-14-11-5-4-10(13)7-9(11)8-16-12-3-2-6-15-12/h2-7H,8H2,1H3. The minimum atomic E-state index is 0.934. The van der Waals surface area contributed by atoms with Crippen molar-refractivity contribution in [3.05, 3.63) is 45.7 Å². The summed E-state index contributed by atoms with van der Waals surface area (Å²) < 4.78 is 7.77. The van der Waals surface area contributed by atoms with Crippen molar-refractivity contribution in [2.45, 2.75) is 9.96 Å². The number of halogens is 1. The van der Waals surface area contributed by atoms with Crippen LogP contribution >= 0.6 is 39.0 Å². The number of ether oxygens (including phenoxy) is 1. The average molecular weight is 315 g/mol. The number of thiophene rings is 1. The van der Waals surface area contributed by atoms with Gasteiger partial charge in [0.1, 0.15) is 5.75 Å². The fraction of sp³-hybridized carbons (Fsp3) is 0.167. The number of rotatable bonds is 4. The molecule has 1 aromatic heterocycles. The van der Waals surface area contributed by atoms with Crippen LogP contribution in [0.5, 0.6) is 5.75 Å². The van der Waals surface area contributed by atoms with Crippen molar-refractivity contribution in [2.24, 2.45) is 0 Å². The second kappa shape index (κ2) is 5.75. The van der Waals surface area contributed by atoms with Crippen LogP contribution in [-0.2, 0) is 5.75 Å². The fourth-order valence-corrected chi connectivity index (χ4v) is 3.53. The van der Waals surface area contributed by atoms with Gasteiger partial charge in [-0.2, -0.15) is 0 Å².